The van der Waals surface area contributed by atoms with E-state index in [1.165, 1.54) is 6.92 Å². The number of allylic oxidation sites excluding steroid dienone is 2. The molecule has 0 saturated carbocycles. The molecule has 6 atom stereocenters. The summed E-state index contributed by atoms with van der Waals surface area (Å²) < 4.78 is 19.9. The third-order valence-corrected chi connectivity index (χ3v) is 7.35. The van der Waals surface area contributed by atoms with Crippen LogP contribution in [0.15, 0.2) is 36.5 Å². The summed E-state index contributed by atoms with van der Waals surface area (Å²) in [7, 11) is 10.6. The van der Waals surface area contributed by atoms with Crippen LogP contribution in [0.2, 0.25) is 0 Å². The number of hydrogen-bond acceptors (Lipinski definition) is 9. The Morgan fingerprint density at radius 1 is 1.05 bits per heavy atom. The van der Waals surface area contributed by atoms with Crippen molar-refractivity contribution in [3.05, 3.63) is 36.5 Å². The molecule has 0 aromatic rings. The molecule has 0 spiro atoms. The molecule has 1 amide bonds. The van der Waals surface area contributed by atoms with Crippen molar-refractivity contribution in [1.82, 2.24) is 9.80 Å². The van der Waals surface area contributed by atoms with Gasteiger partial charge in [0.25, 0.3) is 0 Å². The topological polar surface area (TPSA) is 115 Å². The van der Waals surface area contributed by atoms with Gasteiger partial charge in [-0.3, -0.25) is 19.3 Å². The van der Waals surface area contributed by atoms with Crippen LogP contribution in [0.3, 0.4) is 0 Å². The van der Waals surface area contributed by atoms with Crippen LogP contribution in [-0.2, 0) is 33.3 Å². The van der Waals surface area contributed by atoms with Crippen LogP contribution in [-0.4, -0.2) is 99.4 Å². The van der Waals surface area contributed by atoms with Gasteiger partial charge < -0.3 is 29.0 Å². The van der Waals surface area contributed by atoms with Crippen molar-refractivity contribution in [3.8, 4) is 0 Å². The Morgan fingerprint density at radius 3 is 2.08 bits per heavy atom. The number of aliphatic hydroxyl groups excluding tert-OH is 1. The Bertz CT molecular complexity index is 894. The van der Waals surface area contributed by atoms with Gasteiger partial charge >= 0.3 is 11.9 Å². The Balaban J connectivity index is 0.000000269. The van der Waals surface area contributed by atoms with Crippen molar-refractivity contribution in [2.45, 2.75) is 77.1 Å². The van der Waals surface area contributed by atoms with Gasteiger partial charge in [-0.1, -0.05) is 37.3 Å². The van der Waals surface area contributed by atoms with Crippen LogP contribution in [0.1, 0.15) is 52.9 Å². The lowest BCUT2D eigenvalue weighted by Crippen LogP contribution is -2.44. The molecule has 0 radical (unpaired) electrons. The van der Waals surface area contributed by atoms with Gasteiger partial charge in [-0.2, -0.15) is 0 Å². The highest BCUT2D eigenvalue weighted by Crippen LogP contribution is 2.30. The molecular formula is C30H50N2O8. The lowest BCUT2D eigenvalue weighted by Gasteiger charge is -2.32. The maximum atomic E-state index is 11.3. The Kier molecular flexibility index (Phi) is 15.4. The fourth-order valence-electron chi connectivity index (χ4n) is 4.31. The van der Waals surface area contributed by atoms with Crippen LogP contribution < -0.4 is 0 Å². The van der Waals surface area contributed by atoms with Crippen LogP contribution >= 0.6 is 0 Å². The first-order valence-electron chi connectivity index (χ1n) is 13.8. The number of carbonyl (C=O) groups is 3. The van der Waals surface area contributed by atoms with E-state index in [1.807, 2.05) is 40.0 Å². The highest BCUT2D eigenvalue weighted by atomic mass is 16.7. The molecule has 1 fully saturated rings. The average Bonchev–Trinajstić information content (AvgIpc) is 3.66. The summed E-state index contributed by atoms with van der Waals surface area (Å²) in [6.45, 7) is 5.42. The molecule has 1 unspecified atom stereocenters. The lowest BCUT2D eigenvalue weighted by molar-refractivity contribution is -0.270. The predicted octanol–water partition coefficient (Wildman–Crippen LogP) is 3.31. The number of fused-ring (bicyclic) bond motifs is 1. The zero-order chi connectivity index (χ0) is 30.5. The van der Waals surface area contributed by atoms with Crippen molar-refractivity contribution in [1.29, 1.82) is 0 Å². The fraction of sp³-hybridized carbons (Fsp3) is 0.700. The summed E-state index contributed by atoms with van der Waals surface area (Å²) >= 11 is 0. The van der Waals surface area contributed by atoms with Crippen molar-refractivity contribution in [2.24, 2.45) is 17.8 Å². The summed E-state index contributed by atoms with van der Waals surface area (Å²) in [6.07, 6.45) is 15.2. The Morgan fingerprint density at radius 2 is 1.68 bits per heavy atom. The smallest absolute Gasteiger partial charge is 0.306 e. The standard InChI is InChI=1S/C10H17NO.C7H10O3.C7H8O2.C6H15NO2/c1-8-5-4-6-9(8)7-10(12)11(2)3;1-5(8)10-7-3-2-6(9)4-7;8-7-4-5-2-1-3-6(5)9-7;1-6(8-4,9-5)7(2)3/h4,6,8-9H,5,7H2,1-3H3;2-3,6-7,9H,4H2,1H3;1-2,5-6H,3-4H2;1-5H3/t8-,9-;6-,7+;5-,6?;/m000./s1. The van der Waals surface area contributed by atoms with Crippen molar-refractivity contribution >= 4 is 17.8 Å². The highest BCUT2D eigenvalue weighted by molar-refractivity contribution is 5.76. The van der Waals surface area contributed by atoms with E-state index in [4.69, 9.17) is 24.1 Å². The van der Waals surface area contributed by atoms with Crippen LogP contribution in [0.4, 0.5) is 0 Å². The molecular weight excluding hydrogens is 516 g/mol. The van der Waals surface area contributed by atoms with E-state index in [-0.39, 0.29) is 30.1 Å². The van der Waals surface area contributed by atoms with E-state index in [0.717, 1.165) is 12.8 Å². The summed E-state index contributed by atoms with van der Waals surface area (Å²) in [5.74, 6) is 0.836. The maximum absolute atomic E-state index is 11.3. The number of hydrogen-bond donors (Lipinski definition) is 1. The van der Waals surface area contributed by atoms with Gasteiger partial charge in [0.15, 0.2) is 0 Å². The number of methoxy groups -OCH3 is 2. The molecule has 0 aromatic carbocycles. The Labute approximate surface area is 240 Å². The third-order valence-electron chi connectivity index (χ3n) is 7.35. The largest absolute Gasteiger partial charge is 0.461 e. The minimum Gasteiger partial charge on any atom is -0.461 e. The van der Waals surface area contributed by atoms with Gasteiger partial charge in [-0.05, 0) is 38.4 Å². The highest BCUT2D eigenvalue weighted by Gasteiger charge is 2.34. The lowest BCUT2D eigenvalue weighted by atomic mass is 9.94. The van der Waals surface area contributed by atoms with Crippen molar-refractivity contribution in [3.63, 3.8) is 0 Å². The number of esters is 2. The molecule has 10 nitrogen and oxygen atoms in total. The third kappa shape index (κ3) is 12.3. The van der Waals surface area contributed by atoms with Crippen molar-refractivity contribution in [2.75, 3.05) is 42.4 Å². The number of nitrogens with zero attached hydrogens (tertiary/aromatic N) is 2. The first kappa shape index (κ1) is 35.5. The molecule has 1 aliphatic heterocycles. The normalized spacial score (nSPS) is 27.5. The number of ether oxygens (including phenoxy) is 4. The zero-order valence-corrected chi connectivity index (χ0v) is 25.7. The first-order valence-corrected chi connectivity index (χ1v) is 13.8. The van der Waals surface area contributed by atoms with Gasteiger partial charge in [-0.25, -0.2) is 0 Å². The minimum absolute atomic E-state index is 0.0330. The maximum Gasteiger partial charge on any atom is 0.306 e. The SMILES string of the molecule is CC(=O)O[C@@H]1C=C[C@H](O)C1.COC(C)(OC)N(C)C.C[C@H]1CC=C[C@H]1CC(=O)N(C)C.O=C1C[C@@H]2C=CCC2O1. The quantitative estimate of drug-likeness (QED) is 0.294. The molecule has 4 rings (SSSR count). The number of amides is 1. The minimum atomic E-state index is -0.583. The zero-order valence-electron chi connectivity index (χ0n) is 25.7. The van der Waals surface area contributed by atoms with Crippen LogP contribution in [0.5, 0.6) is 0 Å². The van der Waals surface area contributed by atoms with Gasteiger partial charge in [-0.15, -0.1) is 0 Å². The van der Waals surface area contributed by atoms with Gasteiger partial charge in [0, 0.05) is 67.3 Å². The van der Waals surface area contributed by atoms with Gasteiger partial charge in [0.05, 0.1) is 12.5 Å². The summed E-state index contributed by atoms with van der Waals surface area (Å²) in [6, 6.07) is 0. The molecule has 228 valence electrons. The number of aliphatic hydroxyl groups is 1. The molecule has 3 aliphatic carbocycles. The van der Waals surface area contributed by atoms with E-state index in [1.54, 1.807) is 31.3 Å². The summed E-state index contributed by atoms with van der Waals surface area (Å²) in [5.41, 5.74) is 0. The van der Waals surface area contributed by atoms with Gasteiger partial charge in [0.2, 0.25) is 11.8 Å². The molecule has 0 aromatic heterocycles. The monoisotopic (exact) mass is 566 g/mol. The van der Waals surface area contributed by atoms with Gasteiger partial charge in [0.1, 0.15) is 12.2 Å². The Hall–Kier alpha value is -2.53. The van der Waals surface area contributed by atoms with E-state index < -0.39 is 12.0 Å². The second kappa shape index (κ2) is 17.3. The molecule has 0 bridgehead atoms. The van der Waals surface area contributed by atoms with E-state index in [9.17, 15) is 14.4 Å². The fourth-order valence-corrected chi connectivity index (χ4v) is 4.31. The molecule has 1 N–H and O–H groups in total. The molecule has 1 saturated heterocycles. The second-order valence-corrected chi connectivity index (χ2v) is 10.9. The van der Waals surface area contributed by atoms with E-state index >= 15 is 0 Å². The second-order valence-electron chi connectivity index (χ2n) is 10.9. The molecule has 4 aliphatic rings. The van der Waals surface area contributed by atoms with Crippen molar-refractivity contribution < 1.29 is 38.4 Å². The molecule has 10 heteroatoms. The van der Waals surface area contributed by atoms with Crippen LogP contribution in [0.25, 0.3) is 0 Å². The predicted molar refractivity (Wildman–Crippen MR) is 153 cm³/mol. The van der Waals surface area contributed by atoms with Crippen LogP contribution in [0, 0.1) is 17.8 Å². The summed E-state index contributed by atoms with van der Waals surface area (Å²) in [5, 5.41) is 8.93. The number of carbonyl (C=O) groups excluding carboxylic acids is 3. The summed E-state index contributed by atoms with van der Waals surface area (Å²) in [4.78, 5) is 35.8. The molecule has 40 heavy (non-hydrogen) atoms. The number of rotatable bonds is 6. The average molecular weight is 567 g/mol. The first-order chi connectivity index (χ1) is 18.7. The van der Waals surface area contributed by atoms with E-state index in [2.05, 4.69) is 31.2 Å². The molecule has 1 heterocycles. The van der Waals surface area contributed by atoms with E-state index in [0.29, 0.717) is 37.0 Å².